The van der Waals surface area contributed by atoms with Crippen LogP contribution in [0, 0.1) is 0 Å². The van der Waals surface area contributed by atoms with E-state index in [1.807, 2.05) is 42.1 Å². The number of aryl methyl sites for hydroxylation is 1. The summed E-state index contributed by atoms with van der Waals surface area (Å²) in [5.41, 5.74) is 2.39. The van der Waals surface area contributed by atoms with Gasteiger partial charge in [-0.3, -0.25) is 0 Å². The first-order valence-corrected chi connectivity index (χ1v) is 5.29. The predicted molar refractivity (Wildman–Crippen MR) is 68.9 cm³/mol. The van der Waals surface area contributed by atoms with Gasteiger partial charge in [0.15, 0.2) is 0 Å². The molecule has 1 N–H and O–H groups in total. The Hall–Kier alpha value is -1.69. The van der Waals surface area contributed by atoms with Crippen LogP contribution in [0.25, 0.3) is 12.2 Å². The molecule has 2 aromatic rings. The molecule has 0 spiro atoms. The summed E-state index contributed by atoms with van der Waals surface area (Å²) < 4.78 is 2.02. The summed E-state index contributed by atoms with van der Waals surface area (Å²) in [4.78, 5) is 10.7. The van der Waals surface area contributed by atoms with E-state index in [2.05, 4.69) is 0 Å². The van der Waals surface area contributed by atoms with Crippen molar-refractivity contribution in [1.82, 2.24) is 4.57 Å². The van der Waals surface area contributed by atoms with Crippen LogP contribution in [0.1, 0.15) is 23.0 Å². The third kappa shape index (κ3) is 3.40. The number of carboxylic acids is 1. The van der Waals surface area contributed by atoms with Gasteiger partial charge in [-0.25, -0.2) is 4.79 Å². The van der Waals surface area contributed by atoms with E-state index >= 15 is 0 Å². The summed E-state index contributed by atoms with van der Waals surface area (Å²) in [6.07, 6.45) is 5.93. The topological polar surface area (TPSA) is 42.2 Å². The minimum absolute atomic E-state index is 0. The molecule has 0 atom stereocenters. The molecular formula is C14H14LiNO2. The van der Waals surface area contributed by atoms with Crippen LogP contribution in [0.15, 0.2) is 42.6 Å². The minimum Gasteiger partial charge on any atom is -1.00 e. The minimum atomic E-state index is -0.900. The van der Waals surface area contributed by atoms with Crippen molar-refractivity contribution >= 4 is 18.1 Å². The molecule has 0 saturated heterocycles. The van der Waals surface area contributed by atoms with Crippen molar-refractivity contribution in [2.75, 3.05) is 0 Å². The van der Waals surface area contributed by atoms with E-state index in [1.54, 1.807) is 24.3 Å². The first-order valence-electron chi connectivity index (χ1n) is 5.29. The fourth-order valence-corrected chi connectivity index (χ4v) is 1.57. The van der Waals surface area contributed by atoms with Gasteiger partial charge in [-0.05, 0) is 35.9 Å². The van der Waals surface area contributed by atoms with Crippen molar-refractivity contribution < 1.29 is 30.2 Å². The Morgan fingerprint density at radius 2 is 1.89 bits per heavy atom. The molecule has 18 heavy (non-hydrogen) atoms. The van der Waals surface area contributed by atoms with Crippen LogP contribution < -0.4 is 18.9 Å². The zero-order valence-corrected chi connectivity index (χ0v) is 10.5. The molecule has 3 nitrogen and oxygen atoms in total. The van der Waals surface area contributed by atoms with E-state index in [9.17, 15) is 4.79 Å². The molecule has 1 aromatic carbocycles. The van der Waals surface area contributed by atoms with E-state index in [-0.39, 0.29) is 20.3 Å². The molecule has 0 aliphatic heterocycles. The van der Waals surface area contributed by atoms with Crippen LogP contribution in [0.4, 0.5) is 0 Å². The van der Waals surface area contributed by atoms with Crippen LogP contribution in [0.5, 0.6) is 0 Å². The van der Waals surface area contributed by atoms with E-state index in [1.165, 1.54) is 0 Å². The summed E-state index contributed by atoms with van der Waals surface area (Å²) in [6.45, 7) is 0. The quantitative estimate of drug-likeness (QED) is 0.761. The van der Waals surface area contributed by atoms with Crippen LogP contribution in [-0.4, -0.2) is 15.6 Å². The summed E-state index contributed by atoms with van der Waals surface area (Å²) >= 11 is 0. The maximum Gasteiger partial charge on any atom is 1.00 e. The number of nitrogens with zero attached hydrogens (tertiary/aromatic N) is 1. The normalized spacial score (nSPS) is 10.3. The fourth-order valence-electron chi connectivity index (χ4n) is 1.57. The average molecular weight is 235 g/mol. The van der Waals surface area contributed by atoms with Gasteiger partial charge in [0.1, 0.15) is 0 Å². The van der Waals surface area contributed by atoms with Gasteiger partial charge in [0.05, 0.1) is 5.56 Å². The Bertz CT molecular complexity index is 561. The second-order valence-corrected chi connectivity index (χ2v) is 3.80. The Kier molecular flexibility index (Phi) is 5.03. The number of carboxylic acid groups (broad SMARTS) is 1. The molecule has 0 aliphatic carbocycles. The molecule has 0 amide bonds. The van der Waals surface area contributed by atoms with Crippen LogP contribution in [0.2, 0.25) is 0 Å². The van der Waals surface area contributed by atoms with Crippen LogP contribution >= 0.6 is 0 Å². The van der Waals surface area contributed by atoms with Crippen molar-refractivity contribution in [1.29, 1.82) is 0 Å². The molecule has 1 aromatic heterocycles. The van der Waals surface area contributed by atoms with Crippen molar-refractivity contribution in [2.45, 2.75) is 0 Å². The molecule has 0 saturated carbocycles. The average Bonchev–Trinajstić information content (AvgIpc) is 2.73. The van der Waals surface area contributed by atoms with Gasteiger partial charge in [-0.1, -0.05) is 18.2 Å². The molecule has 0 radical (unpaired) electrons. The maximum absolute atomic E-state index is 10.7. The van der Waals surface area contributed by atoms with Gasteiger partial charge in [0, 0.05) is 18.9 Å². The number of rotatable bonds is 3. The molecule has 0 unspecified atom stereocenters. The summed E-state index contributed by atoms with van der Waals surface area (Å²) in [5, 5.41) is 8.77. The Labute approximate surface area is 119 Å². The van der Waals surface area contributed by atoms with Gasteiger partial charge >= 0.3 is 24.8 Å². The third-order valence-corrected chi connectivity index (χ3v) is 2.59. The van der Waals surface area contributed by atoms with Gasteiger partial charge in [-0.15, -0.1) is 0 Å². The SMILES string of the molecule is Cn1cccc1C=Cc1ccc(C(=O)O)cc1.[H-].[Li+]. The fraction of sp³-hybridized carbons (Fsp3) is 0.0714. The van der Waals surface area contributed by atoms with E-state index in [0.717, 1.165) is 11.3 Å². The number of hydrogen-bond donors (Lipinski definition) is 1. The monoisotopic (exact) mass is 235 g/mol. The van der Waals surface area contributed by atoms with Crippen molar-refractivity contribution in [3.05, 3.63) is 59.4 Å². The second-order valence-electron chi connectivity index (χ2n) is 3.80. The molecule has 0 fully saturated rings. The molecule has 4 heteroatoms. The Morgan fingerprint density at radius 1 is 1.22 bits per heavy atom. The standard InChI is InChI=1S/C14H13NO2.Li.H/c1-15-10-2-3-13(15)9-6-11-4-7-12(8-5-11)14(16)17;;/h2-10H,1H3,(H,16,17);;/q;+1;-1. The molecule has 0 bridgehead atoms. The zero-order chi connectivity index (χ0) is 12.3. The van der Waals surface area contributed by atoms with Crippen molar-refractivity contribution in [2.24, 2.45) is 7.05 Å². The van der Waals surface area contributed by atoms with Gasteiger partial charge < -0.3 is 11.1 Å². The number of hydrogen-bond acceptors (Lipinski definition) is 1. The van der Waals surface area contributed by atoms with Gasteiger partial charge in [-0.2, -0.15) is 0 Å². The Morgan fingerprint density at radius 3 is 2.39 bits per heavy atom. The molecule has 2 rings (SSSR count). The van der Waals surface area contributed by atoms with Crippen LogP contribution in [0.3, 0.4) is 0 Å². The van der Waals surface area contributed by atoms with Crippen LogP contribution in [-0.2, 0) is 7.05 Å². The Balaban J connectivity index is 0.00000162. The summed E-state index contributed by atoms with van der Waals surface area (Å²) in [7, 11) is 1.98. The molecule has 0 aliphatic rings. The predicted octanol–water partition coefficient (Wildman–Crippen LogP) is 0.0102. The molecule has 88 valence electrons. The van der Waals surface area contributed by atoms with E-state index < -0.39 is 5.97 Å². The first kappa shape index (κ1) is 14.4. The first-order chi connectivity index (χ1) is 8.16. The van der Waals surface area contributed by atoms with Crippen molar-refractivity contribution in [3.63, 3.8) is 0 Å². The number of aromatic nitrogens is 1. The van der Waals surface area contributed by atoms with E-state index in [4.69, 9.17) is 5.11 Å². The summed E-state index contributed by atoms with van der Waals surface area (Å²) in [5.74, 6) is -0.900. The summed E-state index contributed by atoms with van der Waals surface area (Å²) in [6, 6.07) is 10.8. The number of benzene rings is 1. The van der Waals surface area contributed by atoms with Gasteiger partial charge in [0.2, 0.25) is 0 Å². The van der Waals surface area contributed by atoms with Crippen molar-refractivity contribution in [3.8, 4) is 0 Å². The molecular weight excluding hydrogens is 221 g/mol. The van der Waals surface area contributed by atoms with Gasteiger partial charge in [0.25, 0.3) is 0 Å². The van der Waals surface area contributed by atoms with E-state index in [0.29, 0.717) is 5.56 Å². The number of carbonyl (C=O) groups is 1. The smallest absolute Gasteiger partial charge is 1.00 e. The zero-order valence-electron chi connectivity index (χ0n) is 11.5. The maximum atomic E-state index is 10.7. The third-order valence-electron chi connectivity index (χ3n) is 2.59. The second kappa shape index (κ2) is 6.30. The number of aromatic carboxylic acids is 1. The largest absolute Gasteiger partial charge is 1.00 e. The molecule has 1 heterocycles.